The molecular weight excluding hydrogens is 1430 g/mol. The number of thiol groups is 1. The molecule has 0 bridgehead atoms. The molecule has 4 heterocycles. The van der Waals surface area contributed by atoms with Gasteiger partial charge in [-0.25, -0.2) is 53.4 Å². The molecule has 4 aromatic rings. The molecule has 0 saturated heterocycles. The molecule has 71 heavy (non-hydrogen) atoms. The molecule has 32 heteroatoms. The summed E-state index contributed by atoms with van der Waals surface area (Å²) in [6, 6.07) is 0. The summed E-state index contributed by atoms with van der Waals surface area (Å²) in [5, 5.41) is 8.50. The maximum absolute atomic E-state index is 11.4. The van der Waals surface area contributed by atoms with Crippen molar-refractivity contribution in [3.8, 4) is 0 Å². The minimum atomic E-state index is -5.79. The molecule has 4 aromatic heterocycles. The number of rotatable bonds is 19. The Kier molecular flexibility index (Phi) is 78.2. The Morgan fingerprint density at radius 3 is 1.10 bits per heavy atom. The standard InChI is InChI=1S/C12H23N2.C10H19N2.C8H15N2.C6H11N2O.C2H4F3NO4S2.CH4.6ClH.2Cu.FH.2Fe.HIS/c1-3-4-5-6-7-8-9-14-11-10-13(2)12-14;1-3-4-5-6-7-12-9-8-11(2)10-12;1-3-4-5-10-7-6-9(2)8-10;1-7-2-3-8(6-7)4-5-9;1-11(7,8)6-12(9,10)2(3,4)5;;;;;;;;;;;;;1-2/h10-12H,3-9H2,1-2H3;8-10H,3-7H2,1-2H3;6-8H,3-5H2,1-2H3;2-3,6,9H,4-5H2,1H3;6H,1H3;1H4;6*1H;;;1H;;;2H/q4*+1;;;;;;;;;;+1;;;+3;/p-6/i/hT. The quantitative estimate of drug-likeness (QED) is 0.0332. The molecule has 0 unspecified atom stereocenters. The molecule has 0 fully saturated rings. The largest absolute Gasteiger partial charge is 0 e. The minimum Gasteiger partial charge on any atom is 0 e. The van der Waals surface area contributed by atoms with Gasteiger partial charge in [0.05, 0.1) is 60.7 Å². The molecule has 0 spiro atoms. The van der Waals surface area contributed by atoms with Crippen molar-refractivity contribution in [1.29, 1.82) is 1.45 Å². The first-order chi connectivity index (χ1) is 31.5. The van der Waals surface area contributed by atoms with E-state index in [0.717, 1.165) is 6.54 Å². The number of sulfonamides is 2. The van der Waals surface area contributed by atoms with E-state index in [2.05, 4.69) is 155 Å². The molecule has 0 atom stereocenters. The molecule has 14 nitrogen and oxygen atoms in total. The summed E-state index contributed by atoms with van der Waals surface area (Å²) in [5.74, 6) is 0. The normalized spacial score (nSPS) is 9.99. The van der Waals surface area contributed by atoms with Gasteiger partial charge in [0, 0.05) is 34.1 Å². The zero-order chi connectivity index (χ0) is 52.9. The molecule has 0 amide bonds. The van der Waals surface area contributed by atoms with Crippen molar-refractivity contribution in [1.82, 2.24) is 22.4 Å². The summed E-state index contributed by atoms with van der Waals surface area (Å²) in [6.45, 7) is 11.1. The second-order valence-electron chi connectivity index (χ2n) is 14.1. The summed E-state index contributed by atoms with van der Waals surface area (Å²) < 4.78 is 105. The number of nitrogens with one attached hydrogen (secondary N) is 1. The zero-order valence-electron chi connectivity index (χ0n) is 41.3. The summed E-state index contributed by atoms with van der Waals surface area (Å²) in [5.41, 5.74) is -5.62. The van der Waals surface area contributed by atoms with Crippen LogP contribution >= 0.6 is 71.4 Å². The van der Waals surface area contributed by atoms with Crippen LogP contribution in [0.5, 0.6) is 0 Å². The van der Waals surface area contributed by atoms with Crippen LogP contribution in [0.15, 0.2) is 74.9 Å². The van der Waals surface area contributed by atoms with Crippen LogP contribution in [0, 0.1) is 0 Å². The van der Waals surface area contributed by atoms with Crippen molar-refractivity contribution in [3.63, 3.8) is 0 Å². The second kappa shape index (κ2) is 60.5. The van der Waals surface area contributed by atoms with Gasteiger partial charge in [-0.05, 0) is 53.3 Å². The third kappa shape index (κ3) is 63.7. The third-order valence-corrected chi connectivity index (χ3v) is 10.7. The van der Waals surface area contributed by atoms with Crippen LogP contribution in [0.25, 0.3) is 0 Å². The van der Waals surface area contributed by atoms with E-state index in [0.29, 0.717) is 16.9 Å². The van der Waals surface area contributed by atoms with Crippen molar-refractivity contribution >= 4 is 91.4 Å². The number of aliphatic hydroxyl groups is 1. The fraction of sp³-hybridized carbons (Fsp3) is 0.692. The molecule has 440 valence electrons. The van der Waals surface area contributed by atoms with Crippen LogP contribution in [0.1, 0.15) is 105 Å². The van der Waals surface area contributed by atoms with E-state index in [1.54, 1.807) is 0 Å². The van der Waals surface area contributed by atoms with Crippen LogP contribution < -0.4 is 47.2 Å². The van der Waals surface area contributed by atoms with E-state index in [9.17, 15) is 30.0 Å². The first-order valence-corrected chi connectivity index (χ1v) is 32.9. The first-order valence-electron chi connectivity index (χ1n) is 20.8. The topological polar surface area (TPSA) is 136 Å². The van der Waals surface area contributed by atoms with Gasteiger partial charge in [-0.15, -0.1) is 13.9 Å². The number of nitrogens with zero attached hydrogens (tertiary/aromatic N) is 8. The van der Waals surface area contributed by atoms with Crippen LogP contribution in [-0.2, 0) is 135 Å². The number of alkyl halides is 3. The number of unbranched alkanes of at least 4 members (excludes halogenated alkanes) is 9. The Morgan fingerprint density at radius 1 is 0.648 bits per heavy atom. The molecule has 0 aromatic carbocycles. The maximum atomic E-state index is 11.4. The average Bonchev–Trinajstić information content (AvgIpc) is 4.08. The summed E-state index contributed by atoms with van der Waals surface area (Å²) >= 11 is 4.17. The molecule has 2 N–H and O–H groups in total. The Morgan fingerprint density at radius 2 is 0.887 bits per heavy atom. The summed E-state index contributed by atoms with van der Waals surface area (Å²) in [4.78, 5) is 0. The Balaban J connectivity index is -0.0000000787. The monoisotopic (exact) mass is 1500 g/mol. The van der Waals surface area contributed by atoms with Crippen LogP contribution in [0.4, 0.5) is 17.9 Å². The summed E-state index contributed by atoms with van der Waals surface area (Å²) in [6.07, 6.45) is 41.2. The number of aryl methyl sites for hydroxylation is 7. The van der Waals surface area contributed by atoms with E-state index in [1.807, 2.05) is 63.2 Å². The van der Waals surface area contributed by atoms with Gasteiger partial charge in [-0.3, -0.25) is 4.72 Å². The molecule has 0 aliphatic carbocycles. The second-order valence-corrected chi connectivity index (χ2v) is 23.3. The van der Waals surface area contributed by atoms with E-state index in [-0.39, 0.29) is 73.0 Å². The van der Waals surface area contributed by atoms with Gasteiger partial charge < -0.3 is 29.9 Å². The predicted octanol–water partition coefficient (Wildman–Crippen LogP) is 3.18. The van der Waals surface area contributed by atoms with Gasteiger partial charge in [0.2, 0.25) is 35.3 Å². The van der Waals surface area contributed by atoms with Crippen molar-refractivity contribution in [2.24, 2.45) is 28.2 Å². The van der Waals surface area contributed by atoms with Crippen molar-refractivity contribution < 1.29 is 143 Å². The molecule has 0 aliphatic rings. The number of imidazole rings is 4. The molecule has 1 radical (unpaired) electrons. The Bertz CT molecular complexity index is 1930. The van der Waals surface area contributed by atoms with Crippen LogP contribution in [-0.4, -0.2) is 60.0 Å². The molecule has 0 aliphatic heterocycles. The molecule has 0 saturated carbocycles. The number of aliphatic hydroxyl groups excluding tert-OH is 1. The van der Waals surface area contributed by atoms with E-state index in [4.69, 9.17) is 40.1 Å². The van der Waals surface area contributed by atoms with E-state index in [1.165, 1.54) is 90.1 Å². The van der Waals surface area contributed by atoms with Crippen molar-refractivity contribution in [3.05, 3.63) is 74.9 Å². The Labute approximate surface area is 506 Å². The molecular formula is C39H78Cl6Cu2F4Fe2IN9O5S3+2. The van der Waals surface area contributed by atoms with Gasteiger partial charge in [0.25, 0.3) is 1.45 Å². The zero-order valence-corrected chi connectivity index (χ0v) is 53.7. The van der Waals surface area contributed by atoms with Gasteiger partial charge in [-0.2, -0.15) is 13.2 Å². The fourth-order valence-electron chi connectivity index (χ4n) is 5.03. The van der Waals surface area contributed by atoms with Gasteiger partial charge in [0.15, 0.2) is 0 Å². The van der Waals surface area contributed by atoms with E-state index < -0.39 is 36.7 Å². The number of hydrogen-bond acceptors (Lipinski definition) is 6. The molecule has 4 rings (SSSR count). The maximum Gasteiger partial charge on any atom is 0 e. The Hall–Kier alpha value is 1.28. The smallest absolute Gasteiger partial charge is 0 e. The number of aromatic nitrogens is 8. The third-order valence-electron chi connectivity index (χ3n) is 8.03. The number of hydrogen-bond donors (Lipinski definition) is 3. The average molecular weight is 1510 g/mol. The van der Waals surface area contributed by atoms with Crippen LogP contribution in [0.3, 0.4) is 0 Å². The van der Waals surface area contributed by atoms with Crippen molar-refractivity contribution in [2.75, 3.05) is 12.9 Å². The summed E-state index contributed by atoms with van der Waals surface area (Å²) in [7, 11) is 20.3. The SMILES string of the molecule is C.CCCCCCCCn1cc[n+](C)c1.CCCCCCn1cc[n+](C)c1.CCCCn1cc[n+](C)c1.CS(=O)(=O)NS(=O)(=O)C(F)(F)F.C[n+]1ccn(CCO)c1.SI.[3H]F.[Cl-].[Cl-].[Cl][Cu].[Cl][Fe]([Cl])[Cl].[Cu].[Fe]. The first kappa shape index (κ1) is 91.7. The van der Waals surface area contributed by atoms with Gasteiger partial charge in [-0.1, -0.05) is 73.1 Å². The minimum absolute atomic E-state index is 0. The van der Waals surface area contributed by atoms with Gasteiger partial charge in [0.1, 0.15) is 56.1 Å². The fourth-order valence-corrected chi connectivity index (χ4v) is 7.01. The van der Waals surface area contributed by atoms with Crippen molar-refractivity contribution in [2.45, 2.75) is 137 Å². The van der Waals surface area contributed by atoms with E-state index >= 15 is 0 Å². The predicted molar refractivity (Wildman–Crippen MR) is 271 cm³/mol. The number of halogens is 11. The van der Waals surface area contributed by atoms with Crippen LogP contribution in [0.2, 0.25) is 0 Å². The van der Waals surface area contributed by atoms with Gasteiger partial charge >= 0.3 is 82.2 Å².